The largest absolute Gasteiger partial charge is 0.373 e. The molecule has 0 unspecified atom stereocenters. The van der Waals surface area contributed by atoms with E-state index in [0.717, 1.165) is 5.69 Å². The highest BCUT2D eigenvalue weighted by molar-refractivity contribution is 7.93. The summed E-state index contributed by atoms with van der Waals surface area (Å²) in [6.45, 7) is 4.02. The summed E-state index contributed by atoms with van der Waals surface area (Å²) in [4.78, 5) is 8.40. The number of hydrogen-bond acceptors (Lipinski definition) is 6. The van der Waals surface area contributed by atoms with Gasteiger partial charge in [-0.25, -0.2) is 18.4 Å². The standard InChI is InChI=1S/C12H16N4O2S2/c1-8(2)10-7-19-12(15-10)16-20(17,18)9-4-5-14-11(6-9)13-3/h4-8H,1-3H3,(H,13,14)(H,15,16). The highest BCUT2D eigenvalue weighted by Crippen LogP contribution is 2.24. The van der Waals surface area contributed by atoms with Crippen molar-refractivity contribution in [1.29, 1.82) is 0 Å². The zero-order valence-electron chi connectivity index (χ0n) is 11.4. The molecule has 2 rings (SSSR count). The number of anilines is 2. The Morgan fingerprint density at radius 3 is 2.70 bits per heavy atom. The highest BCUT2D eigenvalue weighted by Gasteiger charge is 2.17. The van der Waals surface area contributed by atoms with Crippen LogP contribution in [0.25, 0.3) is 0 Å². The second kappa shape index (κ2) is 5.76. The zero-order chi connectivity index (χ0) is 14.8. The number of rotatable bonds is 5. The predicted octanol–water partition coefficient (Wildman–Crippen LogP) is 2.50. The van der Waals surface area contributed by atoms with E-state index in [0.29, 0.717) is 10.9 Å². The molecule has 2 aromatic rings. The van der Waals surface area contributed by atoms with Crippen molar-refractivity contribution in [3.05, 3.63) is 29.4 Å². The van der Waals surface area contributed by atoms with Crippen molar-refractivity contribution >= 4 is 32.3 Å². The van der Waals surface area contributed by atoms with Crippen LogP contribution in [-0.2, 0) is 10.0 Å². The van der Waals surface area contributed by atoms with Gasteiger partial charge < -0.3 is 5.32 Å². The van der Waals surface area contributed by atoms with Crippen LogP contribution in [-0.4, -0.2) is 25.4 Å². The molecule has 0 aliphatic carbocycles. The fourth-order valence-corrected chi connectivity index (χ4v) is 3.62. The molecule has 2 N–H and O–H groups in total. The molecule has 6 nitrogen and oxygen atoms in total. The van der Waals surface area contributed by atoms with E-state index >= 15 is 0 Å². The number of sulfonamides is 1. The van der Waals surface area contributed by atoms with E-state index < -0.39 is 10.0 Å². The molecule has 0 radical (unpaired) electrons. The van der Waals surface area contributed by atoms with Gasteiger partial charge in [0.25, 0.3) is 10.0 Å². The summed E-state index contributed by atoms with van der Waals surface area (Å²) >= 11 is 1.28. The van der Waals surface area contributed by atoms with Crippen molar-refractivity contribution in [2.75, 3.05) is 17.1 Å². The quantitative estimate of drug-likeness (QED) is 0.886. The molecule has 2 heterocycles. The lowest BCUT2D eigenvalue weighted by Gasteiger charge is -2.06. The summed E-state index contributed by atoms with van der Waals surface area (Å²) in [6, 6.07) is 2.92. The first-order valence-corrected chi connectivity index (χ1v) is 8.40. The lowest BCUT2D eigenvalue weighted by Crippen LogP contribution is -2.13. The Morgan fingerprint density at radius 1 is 1.35 bits per heavy atom. The van der Waals surface area contributed by atoms with Crippen LogP contribution >= 0.6 is 11.3 Å². The van der Waals surface area contributed by atoms with E-state index in [-0.39, 0.29) is 10.8 Å². The van der Waals surface area contributed by atoms with Crippen LogP contribution in [0.3, 0.4) is 0 Å². The van der Waals surface area contributed by atoms with E-state index in [1.54, 1.807) is 7.05 Å². The monoisotopic (exact) mass is 312 g/mol. The summed E-state index contributed by atoms with van der Waals surface area (Å²) in [7, 11) is -1.96. The fraction of sp³-hybridized carbons (Fsp3) is 0.333. The Balaban J connectivity index is 2.25. The van der Waals surface area contributed by atoms with Gasteiger partial charge in [0.2, 0.25) is 0 Å². The van der Waals surface area contributed by atoms with E-state index in [1.807, 2.05) is 19.2 Å². The van der Waals surface area contributed by atoms with Crippen LogP contribution in [0.4, 0.5) is 10.9 Å². The van der Waals surface area contributed by atoms with Gasteiger partial charge in [0.1, 0.15) is 5.82 Å². The van der Waals surface area contributed by atoms with Crippen LogP contribution in [0.1, 0.15) is 25.5 Å². The minimum absolute atomic E-state index is 0.151. The maximum absolute atomic E-state index is 12.2. The zero-order valence-corrected chi connectivity index (χ0v) is 13.0. The van der Waals surface area contributed by atoms with Gasteiger partial charge in [0.15, 0.2) is 5.13 Å². The molecule has 0 aromatic carbocycles. The summed E-state index contributed by atoms with van der Waals surface area (Å²) in [5.41, 5.74) is 0.873. The second-order valence-corrected chi connectivity index (χ2v) is 7.01. The molecule has 0 spiro atoms. The van der Waals surface area contributed by atoms with Crippen molar-refractivity contribution in [3.8, 4) is 0 Å². The molecule has 2 aromatic heterocycles. The SMILES string of the molecule is CNc1cc(S(=O)(=O)Nc2nc(C(C)C)cs2)ccn1. The molecule has 0 saturated carbocycles. The predicted molar refractivity (Wildman–Crippen MR) is 80.8 cm³/mol. The van der Waals surface area contributed by atoms with Gasteiger partial charge >= 0.3 is 0 Å². The first-order valence-electron chi connectivity index (χ1n) is 6.04. The first kappa shape index (κ1) is 14.7. The molecule has 0 aliphatic rings. The molecular weight excluding hydrogens is 296 g/mol. The first-order chi connectivity index (χ1) is 9.42. The number of pyridine rings is 1. The highest BCUT2D eigenvalue weighted by atomic mass is 32.2. The smallest absolute Gasteiger partial charge is 0.263 e. The molecule has 0 atom stereocenters. The van der Waals surface area contributed by atoms with Crippen molar-refractivity contribution in [2.45, 2.75) is 24.7 Å². The van der Waals surface area contributed by atoms with Gasteiger partial charge in [0.05, 0.1) is 10.6 Å². The van der Waals surface area contributed by atoms with Crippen molar-refractivity contribution in [1.82, 2.24) is 9.97 Å². The third-order valence-corrected chi connectivity index (χ3v) is 4.87. The Bertz CT molecular complexity index is 695. The van der Waals surface area contributed by atoms with Gasteiger partial charge in [0, 0.05) is 24.7 Å². The maximum Gasteiger partial charge on any atom is 0.263 e. The number of thiazole rings is 1. The van der Waals surface area contributed by atoms with Gasteiger partial charge in [-0.2, -0.15) is 0 Å². The second-order valence-electron chi connectivity index (χ2n) is 4.46. The maximum atomic E-state index is 12.2. The number of aromatic nitrogens is 2. The molecule has 0 aliphatic heterocycles. The van der Waals surface area contributed by atoms with Crippen LogP contribution < -0.4 is 10.0 Å². The third-order valence-electron chi connectivity index (χ3n) is 2.63. The van der Waals surface area contributed by atoms with Gasteiger partial charge in [-0.3, -0.25) is 4.72 Å². The summed E-state index contributed by atoms with van der Waals surface area (Å²) < 4.78 is 27.0. The average molecular weight is 312 g/mol. The molecule has 0 amide bonds. The van der Waals surface area contributed by atoms with E-state index in [9.17, 15) is 8.42 Å². The van der Waals surface area contributed by atoms with Crippen molar-refractivity contribution < 1.29 is 8.42 Å². The number of nitrogens with one attached hydrogen (secondary N) is 2. The van der Waals surface area contributed by atoms with Crippen LogP contribution in [0.15, 0.2) is 28.6 Å². The van der Waals surface area contributed by atoms with Crippen molar-refractivity contribution in [3.63, 3.8) is 0 Å². The fourth-order valence-electron chi connectivity index (χ4n) is 1.49. The van der Waals surface area contributed by atoms with Crippen LogP contribution in [0.2, 0.25) is 0 Å². The summed E-state index contributed by atoms with van der Waals surface area (Å²) in [5, 5.41) is 5.03. The van der Waals surface area contributed by atoms with Crippen LogP contribution in [0, 0.1) is 0 Å². The number of hydrogen-bond donors (Lipinski definition) is 2. The summed E-state index contributed by atoms with van der Waals surface area (Å²) in [5.74, 6) is 0.760. The lowest BCUT2D eigenvalue weighted by atomic mass is 10.2. The molecule has 0 bridgehead atoms. The molecule has 108 valence electrons. The van der Waals surface area contributed by atoms with Gasteiger partial charge in [-0.1, -0.05) is 13.8 Å². The number of nitrogens with zero attached hydrogens (tertiary/aromatic N) is 2. The topological polar surface area (TPSA) is 84.0 Å². The Labute approximate surface area is 122 Å². The van der Waals surface area contributed by atoms with Gasteiger partial charge in [-0.05, 0) is 12.0 Å². The Morgan fingerprint density at radius 2 is 2.10 bits per heavy atom. The van der Waals surface area contributed by atoms with Crippen LogP contribution in [0.5, 0.6) is 0 Å². The summed E-state index contributed by atoms with van der Waals surface area (Å²) in [6.07, 6.45) is 1.45. The third kappa shape index (κ3) is 3.26. The lowest BCUT2D eigenvalue weighted by molar-refractivity contribution is 0.601. The molecule has 20 heavy (non-hydrogen) atoms. The van der Waals surface area contributed by atoms with E-state index in [1.165, 1.54) is 29.7 Å². The van der Waals surface area contributed by atoms with Crippen molar-refractivity contribution in [2.24, 2.45) is 0 Å². The van der Waals surface area contributed by atoms with E-state index in [2.05, 4.69) is 20.0 Å². The normalized spacial score (nSPS) is 11.6. The minimum atomic E-state index is -3.64. The average Bonchev–Trinajstić information content (AvgIpc) is 2.87. The Hall–Kier alpha value is -1.67. The Kier molecular flexibility index (Phi) is 4.24. The van der Waals surface area contributed by atoms with Gasteiger partial charge in [-0.15, -0.1) is 11.3 Å². The minimum Gasteiger partial charge on any atom is -0.373 e. The molecule has 0 fully saturated rings. The van der Waals surface area contributed by atoms with E-state index in [4.69, 9.17) is 0 Å². The molecule has 0 saturated heterocycles. The molecular formula is C12H16N4O2S2. The molecule has 8 heteroatoms.